The number of hydrogen-bond acceptors (Lipinski definition) is 6. The van der Waals surface area contributed by atoms with Crippen LogP contribution in [0, 0.1) is 0 Å². The lowest BCUT2D eigenvalue weighted by molar-refractivity contribution is -0.153. The number of hydrogen-bond donors (Lipinski definition) is 2. The van der Waals surface area contributed by atoms with E-state index in [0.29, 0.717) is 16.9 Å². The Morgan fingerprint density at radius 2 is 2.09 bits per heavy atom. The Labute approximate surface area is 131 Å². The van der Waals surface area contributed by atoms with Gasteiger partial charge in [-0.1, -0.05) is 0 Å². The summed E-state index contributed by atoms with van der Waals surface area (Å²) in [7, 11) is 1.54. The highest BCUT2D eigenvalue weighted by atomic mass is 16.5. The molecule has 3 N–H and O–H groups in total. The van der Waals surface area contributed by atoms with Gasteiger partial charge >= 0.3 is 12.0 Å². The molecule has 1 atom stereocenters. The molecule has 0 radical (unpaired) electrons. The number of carbonyl (C=O) groups is 3. The topological polar surface area (TPSA) is 121 Å². The van der Waals surface area contributed by atoms with Crippen molar-refractivity contribution in [3.05, 3.63) is 30.0 Å². The van der Waals surface area contributed by atoms with Crippen molar-refractivity contribution in [1.29, 1.82) is 0 Å². The number of urea groups is 1. The van der Waals surface area contributed by atoms with Crippen LogP contribution in [0.1, 0.15) is 12.5 Å². The summed E-state index contributed by atoms with van der Waals surface area (Å²) in [5.41, 5.74) is 6.02. The van der Waals surface area contributed by atoms with Crippen LogP contribution in [0.5, 0.6) is 5.75 Å². The van der Waals surface area contributed by atoms with Crippen molar-refractivity contribution < 1.29 is 28.3 Å². The molecule has 8 nitrogen and oxygen atoms in total. The minimum atomic E-state index is -1.13. The fourth-order valence-corrected chi connectivity index (χ4v) is 2.00. The summed E-state index contributed by atoms with van der Waals surface area (Å²) in [6.45, 7) is 1.34. The average molecular weight is 320 g/mol. The van der Waals surface area contributed by atoms with E-state index in [9.17, 15) is 14.4 Å². The van der Waals surface area contributed by atoms with Gasteiger partial charge in [-0.3, -0.25) is 14.9 Å². The van der Waals surface area contributed by atoms with Gasteiger partial charge in [-0.25, -0.2) is 4.79 Å². The van der Waals surface area contributed by atoms with Crippen molar-refractivity contribution in [2.45, 2.75) is 19.4 Å². The van der Waals surface area contributed by atoms with E-state index >= 15 is 0 Å². The van der Waals surface area contributed by atoms with Gasteiger partial charge in [0.25, 0.3) is 5.91 Å². The Kier molecular flexibility index (Phi) is 4.85. The van der Waals surface area contributed by atoms with Gasteiger partial charge in [0.05, 0.1) is 19.8 Å². The van der Waals surface area contributed by atoms with Crippen LogP contribution >= 0.6 is 0 Å². The van der Waals surface area contributed by atoms with E-state index in [-0.39, 0.29) is 6.42 Å². The number of esters is 1. The van der Waals surface area contributed by atoms with Crippen LogP contribution < -0.4 is 15.8 Å². The Balaban J connectivity index is 2.03. The first-order chi connectivity index (χ1) is 10.9. The second kappa shape index (κ2) is 6.82. The molecular formula is C15H16N2O6. The number of amides is 3. The van der Waals surface area contributed by atoms with Gasteiger partial charge < -0.3 is 19.6 Å². The molecule has 0 aliphatic carbocycles. The zero-order valence-electron chi connectivity index (χ0n) is 12.6. The molecule has 2 aromatic rings. The second-order valence-corrected chi connectivity index (χ2v) is 4.79. The normalized spacial score (nSPS) is 11.7. The van der Waals surface area contributed by atoms with Crippen LogP contribution in [-0.4, -0.2) is 31.1 Å². The zero-order valence-corrected chi connectivity index (χ0v) is 12.6. The molecule has 0 aliphatic heterocycles. The molecule has 0 saturated heterocycles. The first-order valence-corrected chi connectivity index (χ1v) is 6.74. The molecule has 0 spiro atoms. The molecule has 1 heterocycles. The summed E-state index contributed by atoms with van der Waals surface area (Å²) in [6, 6.07) is 4.21. The van der Waals surface area contributed by atoms with E-state index in [1.54, 1.807) is 25.3 Å². The van der Waals surface area contributed by atoms with Crippen molar-refractivity contribution in [3.63, 3.8) is 0 Å². The SMILES string of the molecule is COc1ccc2c(CC(=O)O[C@@H](C)C(=O)NC(N)=O)coc2c1. The molecule has 0 bridgehead atoms. The van der Waals surface area contributed by atoms with Gasteiger partial charge in [-0.15, -0.1) is 0 Å². The van der Waals surface area contributed by atoms with E-state index in [4.69, 9.17) is 19.6 Å². The summed E-state index contributed by atoms with van der Waals surface area (Å²) in [4.78, 5) is 33.9. The Bertz CT molecular complexity index is 752. The highest BCUT2D eigenvalue weighted by molar-refractivity contribution is 5.96. The van der Waals surface area contributed by atoms with Crippen molar-refractivity contribution in [1.82, 2.24) is 5.32 Å². The predicted octanol–water partition coefficient (Wildman–Crippen LogP) is 1.11. The van der Waals surface area contributed by atoms with E-state index in [1.165, 1.54) is 13.2 Å². The smallest absolute Gasteiger partial charge is 0.318 e. The van der Waals surface area contributed by atoms with Crippen LogP contribution in [-0.2, 0) is 20.7 Å². The first-order valence-electron chi connectivity index (χ1n) is 6.74. The largest absolute Gasteiger partial charge is 0.497 e. The number of ether oxygens (including phenoxy) is 2. The van der Waals surface area contributed by atoms with Gasteiger partial charge in [0, 0.05) is 17.0 Å². The second-order valence-electron chi connectivity index (χ2n) is 4.79. The minimum absolute atomic E-state index is 0.0759. The number of benzene rings is 1. The maximum Gasteiger partial charge on any atom is 0.318 e. The predicted molar refractivity (Wildman–Crippen MR) is 79.8 cm³/mol. The number of carbonyl (C=O) groups excluding carboxylic acids is 3. The van der Waals surface area contributed by atoms with E-state index in [2.05, 4.69) is 0 Å². The van der Waals surface area contributed by atoms with Gasteiger partial charge in [-0.2, -0.15) is 0 Å². The number of furan rings is 1. The van der Waals surface area contributed by atoms with Gasteiger partial charge in [0.15, 0.2) is 6.10 Å². The average Bonchev–Trinajstić information content (AvgIpc) is 2.88. The Morgan fingerprint density at radius 1 is 1.35 bits per heavy atom. The molecule has 0 aliphatic rings. The molecule has 23 heavy (non-hydrogen) atoms. The highest BCUT2D eigenvalue weighted by Gasteiger charge is 2.20. The quantitative estimate of drug-likeness (QED) is 0.796. The monoisotopic (exact) mass is 320 g/mol. The van der Waals surface area contributed by atoms with E-state index in [0.717, 1.165) is 5.39 Å². The summed E-state index contributed by atoms with van der Waals surface area (Å²) in [6.07, 6.45) is 0.237. The molecule has 0 unspecified atom stereocenters. The van der Waals surface area contributed by atoms with E-state index < -0.39 is 24.0 Å². The summed E-state index contributed by atoms with van der Waals surface area (Å²) in [5.74, 6) is -0.777. The third kappa shape index (κ3) is 4.00. The lowest BCUT2D eigenvalue weighted by Gasteiger charge is -2.11. The van der Waals surface area contributed by atoms with Crippen LogP contribution in [0.3, 0.4) is 0 Å². The number of imide groups is 1. The minimum Gasteiger partial charge on any atom is -0.497 e. The van der Waals surface area contributed by atoms with Crippen molar-refractivity contribution in [2.75, 3.05) is 7.11 Å². The van der Waals surface area contributed by atoms with Crippen molar-refractivity contribution in [2.24, 2.45) is 5.73 Å². The summed E-state index contributed by atoms with van der Waals surface area (Å²) >= 11 is 0. The third-order valence-electron chi connectivity index (χ3n) is 3.12. The fourth-order valence-electron chi connectivity index (χ4n) is 2.00. The molecule has 3 amide bonds. The van der Waals surface area contributed by atoms with Crippen LogP contribution in [0.4, 0.5) is 4.79 Å². The molecule has 8 heteroatoms. The maximum absolute atomic E-state index is 11.9. The van der Waals surface area contributed by atoms with Crippen molar-refractivity contribution >= 4 is 28.9 Å². The van der Waals surface area contributed by atoms with Gasteiger partial charge in [0.1, 0.15) is 11.3 Å². The molecule has 1 aromatic carbocycles. The highest BCUT2D eigenvalue weighted by Crippen LogP contribution is 2.26. The van der Waals surface area contributed by atoms with Gasteiger partial charge in [0.2, 0.25) is 0 Å². The summed E-state index contributed by atoms with van der Waals surface area (Å²) < 4.78 is 15.4. The Morgan fingerprint density at radius 3 is 2.74 bits per heavy atom. The van der Waals surface area contributed by atoms with Gasteiger partial charge in [-0.05, 0) is 19.1 Å². The number of fused-ring (bicyclic) bond motifs is 1. The lowest BCUT2D eigenvalue weighted by atomic mass is 10.1. The molecule has 2 rings (SSSR count). The maximum atomic E-state index is 11.9. The first kappa shape index (κ1) is 16.3. The molecule has 1 aromatic heterocycles. The van der Waals surface area contributed by atoms with Crippen LogP contribution in [0.15, 0.2) is 28.9 Å². The van der Waals surface area contributed by atoms with Crippen molar-refractivity contribution in [3.8, 4) is 5.75 Å². The van der Waals surface area contributed by atoms with E-state index in [1.807, 2.05) is 5.32 Å². The number of methoxy groups -OCH3 is 1. The third-order valence-corrected chi connectivity index (χ3v) is 3.12. The lowest BCUT2D eigenvalue weighted by Crippen LogP contribution is -2.42. The molecule has 0 fully saturated rings. The fraction of sp³-hybridized carbons (Fsp3) is 0.267. The number of primary amides is 1. The molecule has 122 valence electrons. The number of rotatable bonds is 5. The number of nitrogens with two attached hydrogens (primary N) is 1. The number of nitrogens with one attached hydrogen (secondary N) is 1. The molecular weight excluding hydrogens is 304 g/mol. The standard InChI is InChI=1S/C15H16N2O6/c1-8(14(19)17-15(16)20)23-13(18)5-9-7-22-12-6-10(21-2)3-4-11(9)12/h3-4,6-8H,5H2,1-2H3,(H3,16,17,19,20)/t8-/m0/s1. The van der Waals surface area contributed by atoms with Crippen LogP contribution in [0.25, 0.3) is 11.0 Å². The van der Waals surface area contributed by atoms with Crippen LogP contribution in [0.2, 0.25) is 0 Å². The summed E-state index contributed by atoms with van der Waals surface area (Å²) in [5, 5.41) is 2.59. The zero-order chi connectivity index (χ0) is 17.0. The molecule has 0 saturated carbocycles. The Hall–Kier alpha value is -3.03.